The first kappa shape index (κ1) is 11.1. The second-order valence-electron chi connectivity index (χ2n) is 4.84. The standard InChI is InChI=1S/C18H12N2/c1-2-14-7-9-20-12-18(14)17(3-1)15-5-4-13-6-8-19-11-16(13)10-15/h1-12H. The zero-order valence-corrected chi connectivity index (χ0v) is 10.8. The molecule has 2 nitrogen and oxygen atoms in total. The van der Waals surface area contributed by atoms with E-state index in [1.54, 1.807) is 0 Å². The number of aromatic nitrogens is 2. The Labute approximate surface area is 116 Å². The number of benzene rings is 2. The van der Waals surface area contributed by atoms with Crippen LogP contribution in [-0.4, -0.2) is 9.97 Å². The van der Waals surface area contributed by atoms with Gasteiger partial charge in [-0.25, -0.2) is 0 Å². The van der Waals surface area contributed by atoms with Gasteiger partial charge >= 0.3 is 0 Å². The highest BCUT2D eigenvalue weighted by atomic mass is 14.6. The van der Waals surface area contributed by atoms with Crippen LogP contribution < -0.4 is 0 Å². The van der Waals surface area contributed by atoms with Gasteiger partial charge in [0, 0.05) is 35.6 Å². The zero-order chi connectivity index (χ0) is 13.4. The minimum Gasteiger partial charge on any atom is -0.264 e. The third-order valence-electron chi connectivity index (χ3n) is 3.64. The van der Waals surface area contributed by atoms with E-state index >= 15 is 0 Å². The summed E-state index contributed by atoms with van der Waals surface area (Å²) in [5, 5.41) is 4.76. The van der Waals surface area contributed by atoms with Crippen molar-refractivity contribution in [2.45, 2.75) is 0 Å². The summed E-state index contributed by atoms with van der Waals surface area (Å²) in [4.78, 5) is 8.45. The Hall–Kier alpha value is -2.74. The van der Waals surface area contributed by atoms with Crippen molar-refractivity contribution in [1.82, 2.24) is 9.97 Å². The molecule has 0 saturated carbocycles. The molecule has 0 amide bonds. The molecule has 2 aromatic heterocycles. The average molecular weight is 256 g/mol. The van der Waals surface area contributed by atoms with Crippen molar-refractivity contribution in [2.75, 3.05) is 0 Å². The summed E-state index contributed by atoms with van der Waals surface area (Å²) >= 11 is 0. The lowest BCUT2D eigenvalue weighted by atomic mass is 9.98. The van der Waals surface area contributed by atoms with Crippen molar-refractivity contribution >= 4 is 21.5 Å². The van der Waals surface area contributed by atoms with Gasteiger partial charge in [-0.05, 0) is 40.1 Å². The van der Waals surface area contributed by atoms with E-state index in [0.29, 0.717) is 0 Å². The van der Waals surface area contributed by atoms with Crippen LogP contribution in [0.2, 0.25) is 0 Å². The summed E-state index contributed by atoms with van der Waals surface area (Å²) in [6, 6.07) is 16.9. The summed E-state index contributed by atoms with van der Waals surface area (Å²) in [6.07, 6.45) is 7.49. The Morgan fingerprint density at radius 3 is 2.45 bits per heavy atom. The van der Waals surface area contributed by atoms with Gasteiger partial charge in [0.25, 0.3) is 0 Å². The molecule has 2 heteroatoms. The fourth-order valence-electron chi connectivity index (χ4n) is 2.62. The Morgan fingerprint density at radius 1 is 0.650 bits per heavy atom. The molecule has 0 radical (unpaired) electrons. The lowest BCUT2D eigenvalue weighted by Crippen LogP contribution is -1.83. The molecule has 0 atom stereocenters. The van der Waals surface area contributed by atoms with Gasteiger partial charge < -0.3 is 0 Å². The van der Waals surface area contributed by atoms with Crippen LogP contribution in [0.25, 0.3) is 32.7 Å². The van der Waals surface area contributed by atoms with Crippen LogP contribution in [0.15, 0.2) is 73.3 Å². The second-order valence-corrected chi connectivity index (χ2v) is 4.84. The van der Waals surface area contributed by atoms with Crippen molar-refractivity contribution in [3.05, 3.63) is 73.3 Å². The minimum atomic E-state index is 1.16. The van der Waals surface area contributed by atoms with E-state index in [4.69, 9.17) is 0 Å². The average Bonchev–Trinajstić information content (AvgIpc) is 2.54. The van der Waals surface area contributed by atoms with E-state index in [9.17, 15) is 0 Å². The highest BCUT2D eigenvalue weighted by Crippen LogP contribution is 2.29. The van der Waals surface area contributed by atoms with E-state index < -0.39 is 0 Å². The molecule has 2 aromatic carbocycles. The van der Waals surface area contributed by atoms with E-state index in [-0.39, 0.29) is 0 Å². The molecule has 0 N–H and O–H groups in total. The number of pyridine rings is 2. The summed E-state index contributed by atoms with van der Waals surface area (Å²) < 4.78 is 0. The third kappa shape index (κ3) is 1.74. The summed E-state index contributed by atoms with van der Waals surface area (Å²) in [5.41, 5.74) is 2.41. The van der Waals surface area contributed by atoms with Crippen LogP contribution >= 0.6 is 0 Å². The first-order valence-corrected chi connectivity index (χ1v) is 6.59. The zero-order valence-electron chi connectivity index (χ0n) is 10.8. The summed E-state index contributed by atoms with van der Waals surface area (Å²) in [6.45, 7) is 0. The molecule has 0 aliphatic carbocycles. The first-order valence-electron chi connectivity index (χ1n) is 6.59. The predicted octanol–water partition coefficient (Wildman–Crippen LogP) is 4.45. The van der Waals surface area contributed by atoms with Crippen molar-refractivity contribution in [3.63, 3.8) is 0 Å². The summed E-state index contributed by atoms with van der Waals surface area (Å²) in [5.74, 6) is 0. The van der Waals surface area contributed by atoms with Crippen molar-refractivity contribution < 1.29 is 0 Å². The monoisotopic (exact) mass is 256 g/mol. The number of rotatable bonds is 1. The Balaban J connectivity index is 2.01. The van der Waals surface area contributed by atoms with Crippen LogP contribution in [0.1, 0.15) is 0 Å². The molecule has 2 heterocycles. The molecule has 0 saturated heterocycles. The lowest BCUT2D eigenvalue weighted by molar-refractivity contribution is 1.36. The van der Waals surface area contributed by atoms with Gasteiger partial charge in [-0.15, -0.1) is 0 Å². The van der Waals surface area contributed by atoms with Crippen molar-refractivity contribution in [3.8, 4) is 11.1 Å². The molecule has 0 bridgehead atoms. The second kappa shape index (κ2) is 4.42. The predicted molar refractivity (Wildman–Crippen MR) is 82.5 cm³/mol. The molecule has 4 aromatic rings. The van der Waals surface area contributed by atoms with Crippen molar-refractivity contribution in [2.24, 2.45) is 0 Å². The third-order valence-corrected chi connectivity index (χ3v) is 3.64. The SMILES string of the molecule is c1cc(-c2ccc3ccncc3c2)c2cnccc2c1. The van der Waals surface area contributed by atoms with Gasteiger partial charge in [0.2, 0.25) is 0 Å². The van der Waals surface area contributed by atoms with Gasteiger partial charge in [-0.3, -0.25) is 9.97 Å². The number of nitrogens with zero attached hydrogens (tertiary/aromatic N) is 2. The largest absolute Gasteiger partial charge is 0.264 e. The normalized spacial score (nSPS) is 11.0. The highest BCUT2D eigenvalue weighted by molar-refractivity contribution is 5.98. The van der Waals surface area contributed by atoms with Gasteiger partial charge in [0.1, 0.15) is 0 Å². The van der Waals surface area contributed by atoms with Gasteiger partial charge in [-0.2, -0.15) is 0 Å². The van der Waals surface area contributed by atoms with Crippen LogP contribution in [0, 0.1) is 0 Å². The Morgan fingerprint density at radius 2 is 1.50 bits per heavy atom. The Bertz CT molecular complexity index is 908. The molecule has 0 fully saturated rings. The fraction of sp³-hybridized carbons (Fsp3) is 0. The topological polar surface area (TPSA) is 25.8 Å². The maximum absolute atomic E-state index is 4.25. The summed E-state index contributed by atoms with van der Waals surface area (Å²) in [7, 11) is 0. The quantitative estimate of drug-likeness (QED) is 0.503. The molecular formula is C18H12N2. The number of hydrogen-bond acceptors (Lipinski definition) is 2. The molecule has 0 spiro atoms. The molecule has 94 valence electrons. The van der Waals surface area contributed by atoms with Crippen LogP contribution in [0.4, 0.5) is 0 Å². The fourth-order valence-corrected chi connectivity index (χ4v) is 2.62. The molecule has 4 rings (SSSR count). The number of hydrogen-bond donors (Lipinski definition) is 0. The molecule has 0 unspecified atom stereocenters. The van der Waals surface area contributed by atoms with Crippen molar-refractivity contribution in [1.29, 1.82) is 0 Å². The van der Waals surface area contributed by atoms with Gasteiger partial charge in [0.05, 0.1) is 0 Å². The maximum atomic E-state index is 4.25. The minimum absolute atomic E-state index is 1.16. The lowest BCUT2D eigenvalue weighted by Gasteiger charge is -2.07. The highest BCUT2D eigenvalue weighted by Gasteiger charge is 2.04. The van der Waals surface area contributed by atoms with Crippen LogP contribution in [0.5, 0.6) is 0 Å². The van der Waals surface area contributed by atoms with Gasteiger partial charge in [-0.1, -0.05) is 30.3 Å². The van der Waals surface area contributed by atoms with Gasteiger partial charge in [0.15, 0.2) is 0 Å². The molecule has 0 aliphatic rings. The van der Waals surface area contributed by atoms with Crippen LogP contribution in [0.3, 0.4) is 0 Å². The maximum Gasteiger partial charge on any atom is 0.0352 e. The van der Waals surface area contributed by atoms with E-state index in [0.717, 1.165) is 5.39 Å². The number of fused-ring (bicyclic) bond motifs is 2. The molecule has 20 heavy (non-hydrogen) atoms. The molecular weight excluding hydrogens is 244 g/mol. The van der Waals surface area contributed by atoms with E-state index in [1.807, 2.05) is 36.9 Å². The smallest absolute Gasteiger partial charge is 0.0352 e. The first-order chi connectivity index (χ1) is 9.92. The van der Waals surface area contributed by atoms with Crippen LogP contribution in [-0.2, 0) is 0 Å². The van der Waals surface area contributed by atoms with E-state index in [2.05, 4.69) is 46.4 Å². The molecule has 0 aliphatic heterocycles. The Kier molecular flexibility index (Phi) is 2.46. The van der Waals surface area contributed by atoms with E-state index in [1.165, 1.54) is 27.3 Å².